The maximum Gasteiger partial charge on any atom is 0.244 e. The predicted octanol–water partition coefficient (Wildman–Crippen LogP) is 2.26. The van der Waals surface area contributed by atoms with Crippen LogP contribution in [0.1, 0.15) is 18.7 Å². The molecule has 0 spiro atoms. The predicted molar refractivity (Wildman–Crippen MR) is 69.4 cm³/mol. The van der Waals surface area contributed by atoms with Gasteiger partial charge in [0.25, 0.3) is 0 Å². The smallest absolute Gasteiger partial charge is 0.244 e. The average Bonchev–Trinajstić information content (AvgIpc) is 2.39. The molecule has 1 atom stereocenters. The van der Waals surface area contributed by atoms with Crippen molar-refractivity contribution in [1.82, 2.24) is 9.71 Å². The van der Waals surface area contributed by atoms with Crippen molar-refractivity contribution in [2.24, 2.45) is 0 Å². The Bertz CT molecular complexity index is 659. The monoisotopic (exact) mass is 280 g/mol. The second-order valence-corrected chi connectivity index (χ2v) is 5.71. The van der Waals surface area contributed by atoms with Gasteiger partial charge < -0.3 is 0 Å². The number of sulfonamides is 1. The summed E-state index contributed by atoms with van der Waals surface area (Å²) in [6, 6.07) is 9.92. The summed E-state index contributed by atoms with van der Waals surface area (Å²) in [4.78, 5) is 3.70. The quantitative estimate of drug-likeness (QED) is 0.934. The normalized spacial score (nSPS) is 13.2. The number of halogens is 1. The summed E-state index contributed by atoms with van der Waals surface area (Å²) in [6.07, 6.45) is 1.57. The van der Waals surface area contributed by atoms with Crippen LogP contribution in [0.5, 0.6) is 0 Å². The molecule has 0 aliphatic carbocycles. The van der Waals surface area contributed by atoms with E-state index in [0.29, 0.717) is 5.69 Å². The highest BCUT2D eigenvalue weighted by Gasteiger charge is 2.21. The lowest BCUT2D eigenvalue weighted by Crippen LogP contribution is -2.28. The van der Waals surface area contributed by atoms with E-state index in [1.807, 2.05) is 0 Å². The van der Waals surface area contributed by atoms with Gasteiger partial charge in [0.1, 0.15) is 10.7 Å². The van der Waals surface area contributed by atoms with Gasteiger partial charge in [-0.15, -0.1) is 0 Å². The summed E-state index contributed by atoms with van der Waals surface area (Å²) in [5.41, 5.74) is 0.572. The molecule has 0 radical (unpaired) electrons. The fourth-order valence-electron chi connectivity index (χ4n) is 1.65. The SMILES string of the molecule is CC(NS(=O)(=O)c1ccccc1F)c1ccccn1. The first-order chi connectivity index (χ1) is 9.00. The zero-order valence-corrected chi connectivity index (χ0v) is 11.1. The maximum atomic E-state index is 13.5. The van der Waals surface area contributed by atoms with Crippen LogP contribution in [-0.4, -0.2) is 13.4 Å². The van der Waals surface area contributed by atoms with Crippen molar-refractivity contribution in [1.29, 1.82) is 0 Å². The molecule has 0 bridgehead atoms. The number of aromatic nitrogens is 1. The average molecular weight is 280 g/mol. The van der Waals surface area contributed by atoms with Crippen LogP contribution in [0.2, 0.25) is 0 Å². The van der Waals surface area contributed by atoms with Crippen molar-refractivity contribution in [3.8, 4) is 0 Å². The Balaban J connectivity index is 2.26. The summed E-state index contributed by atoms with van der Waals surface area (Å²) in [7, 11) is -3.90. The number of pyridine rings is 1. The van der Waals surface area contributed by atoms with Crippen LogP contribution in [0, 0.1) is 5.82 Å². The van der Waals surface area contributed by atoms with Crippen molar-refractivity contribution < 1.29 is 12.8 Å². The van der Waals surface area contributed by atoms with Crippen molar-refractivity contribution in [3.05, 3.63) is 60.2 Å². The van der Waals surface area contributed by atoms with Gasteiger partial charge in [0, 0.05) is 6.20 Å². The van der Waals surface area contributed by atoms with Crippen LogP contribution in [-0.2, 0) is 10.0 Å². The van der Waals surface area contributed by atoms with E-state index in [9.17, 15) is 12.8 Å². The van der Waals surface area contributed by atoms with Crippen LogP contribution in [0.4, 0.5) is 4.39 Å². The van der Waals surface area contributed by atoms with Crippen LogP contribution in [0.25, 0.3) is 0 Å². The van der Waals surface area contributed by atoms with Crippen molar-refractivity contribution in [3.63, 3.8) is 0 Å². The fourth-order valence-corrected chi connectivity index (χ4v) is 2.95. The molecule has 0 amide bonds. The van der Waals surface area contributed by atoms with E-state index in [1.165, 1.54) is 18.2 Å². The third-order valence-electron chi connectivity index (χ3n) is 2.59. The zero-order chi connectivity index (χ0) is 13.9. The minimum atomic E-state index is -3.90. The first-order valence-corrected chi connectivity index (χ1v) is 7.17. The maximum absolute atomic E-state index is 13.5. The molecule has 4 nitrogen and oxygen atoms in total. The summed E-state index contributed by atoms with van der Waals surface area (Å²) in [5, 5.41) is 0. The molecule has 0 saturated heterocycles. The topological polar surface area (TPSA) is 59.1 Å². The third-order valence-corrected chi connectivity index (χ3v) is 4.16. The molecule has 2 rings (SSSR count). The zero-order valence-electron chi connectivity index (χ0n) is 10.2. The minimum Gasteiger partial charge on any atom is -0.260 e. The summed E-state index contributed by atoms with van der Waals surface area (Å²) in [5.74, 6) is -0.775. The molecule has 0 saturated carbocycles. The van der Waals surface area contributed by atoms with Crippen LogP contribution in [0.15, 0.2) is 53.6 Å². The van der Waals surface area contributed by atoms with E-state index < -0.39 is 21.9 Å². The molecule has 0 fully saturated rings. The van der Waals surface area contributed by atoms with Crippen molar-refractivity contribution in [2.75, 3.05) is 0 Å². The molecular weight excluding hydrogens is 267 g/mol. The lowest BCUT2D eigenvalue weighted by molar-refractivity contribution is 0.545. The number of benzene rings is 1. The molecule has 2 aromatic rings. The molecule has 1 unspecified atom stereocenters. The summed E-state index contributed by atoms with van der Waals surface area (Å²) in [6.45, 7) is 1.65. The van der Waals surface area contributed by atoms with Gasteiger partial charge in [-0.3, -0.25) is 4.98 Å². The van der Waals surface area contributed by atoms with Gasteiger partial charge in [0.15, 0.2) is 0 Å². The lowest BCUT2D eigenvalue weighted by Gasteiger charge is -2.14. The fraction of sp³-hybridized carbons (Fsp3) is 0.154. The Labute approximate surface area is 111 Å². The van der Waals surface area contributed by atoms with Gasteiger partial charge in [-0.05, 0) is 31.2 Å². The Morgan fingerprint density at radius 3 is 2.47 bits per heavy atom. The van der Waals surface area contributed by atoms with Gasteiger partial charge in [-0.2, -0.15) is 0 Å². The summed E-state index contributed by atoms with van der Waals surface area (Å²) >= 11 is 0. The third kappa shape index (κ3) is 3.15. The molecular formula is C13H13FN2O2S. The second kappa shape index (κ2) is 5.46. The first kappa shape index (κ1) is 13.6. The molecule has 100 valence electrons. The first-order valence-electron chi connectivity index (χ1n) is 5.68. The van der Waals surface area contributed by atoms with E-state index >= 15 is 0 Å². The molecule has 1 heterocycles. The van der Waals surface area contributed by atoms with Crippen LogP contribution >= 0.6 is 0 Å². The number of hydrogen-bond acceptors (Lipinski definition) is 3. The van der Waals surface area contributed by atoms with Crippen molar-refractivity contribution in [2.45, 2.75) is 17.9 Å². The molecule has 1 N–H and O–H groups in total. The standard InChI is InChI=1S/C13H13FN2O2S/c1-10(12-7-4-5-9-15-12)16-19(17,18)13-8-3-2-6-11(13)14/h2-10,16H,1H3. The van der Waals surface area contributed by atoms with Gasteiger partial charge in [-0.1, -0.05) is 18.2 Å². The number of hydrogen-bond donors (Lipinski definition) is 1. The van der Waals surface area contributed by atoms with E-state index in [1.54, 1.807) is 31.3 Å². The van der Waals surface area contributed by atoms with Crippen LogP contribution < -0.4 is 4.72 Å². The van der Waals surface area contributed by atoms with E-state index in [2.05, 4.69) is 9.71 Å². The molecule has 0 aliphatic rings. The lowest BCUT2D eigenvalue weighted by atomic mass is 10.2. The highest BCUT2D eigenvalue weighted by molar-refractivity contribution is 7.89. The second-order valence-electron chi connectivity index (χ2n) is 4.03. The van der Waals surface area contributed by atoms with E-state index in [4.69, 9.17) is 0 Å². The minimum absolute atomic E-state index is 0.363. The largest absolute Gasteiger partial charge is 0.260 e. The Kier molecular flexibility index (Phi) is 3.92. The summed E-state index contributed by atoms with van der Waals surface area (Å²) < 4.78 is 40.0. The molecule has 1 aromatic heterocycles. The molecule has 0 aliphatic heterocycles. The Hall–Kier alpha value is -1.79. The molecule has 19 heavy (non-hydrogen) atoms. The highest BCUT2D eigenvalue weighted by Crippen LogP contribution is 2.17. The molecule has 6 heteroatoms. The van der Waals surface area contributed by atoms with Gasteiger partial charge in [-0.25, -0.2) is 17.5 Å². The van der Waals surface area contributed by atoms with Gasteiger partial charge >= 0.3 is 0 Å². The number of rotatable bonds is 4. The number of nitrogens with zero attached hydrogens (tertiary/aromatic N) is 1. The van der Waals surface area contributed by atoms with Gasteiger partial charge in [0.05, 0.1) is 11.7 Å². The van der Waals surface area contributed by atoms with Crippen LogP contribution in [0.3, 0.4) is 0 Å². The molecule has 1 aromatic carbocycles. The van der Waals surface area contributed by atoms with Gasteiger partial charge in [0.2, 0.25) is 10.0 Å². The number of nitrogens with one attached hydrogen (secondary N) is 1. The van der Waals surface area contributed by atoms with E-state index in [0.717, 1.165) is 6.07 Å². The van der Waals surface area contributed by atoms with Crippen molar-refractivity contribution >= 4 is 10.0 Å². The highest BCUT2D eigenvalue weighted by atomic mass is 32.2. The Morgan fingerprint density at radius 2 is 1.84 bits per heavy atom. The Morgan fingerprint density at radius 1 is 1.16 bits per heavy atom. The van der Waals surface area contributed by atoms with E-state index in [-0.39, 0.29) is 4.90 Å².